The summed E-state index contributed by atoms with van der Waals surface area (Å²) in [5.41, 5.74) is 3.56. The molecule has 6 unspecified atom stereocenters. The largest absolute Gasteiger partial charge is 0.481 e. The van der Waals surface area contributed by atoms with Crippen molar-refractivity contribution in [3.05, 3.63) is 12.2 Å². The molecule has 1 saturated carbocycles. The lowest BCUT2D eigenvalue weighted by Crippen LogP contribution is -2.57. The highest BCUT2D eigenvalue weighted by molar-refractivity contribution is 5.70. The molecule has 0 aromatic heterocycles. The number of allylic oxidation sites excluding steroid dienone is 1. The highest BCUT2D eigenvalue weighted by Gasteiger charge is 2.37. The van der Waals surface area contributed by atoms with Crippen LogP contribution in [0.15, 0.2) is 12.2 Å². The van der Waals surface area contributed by atoms with Gasteiger partial charge in [0.1, 0.15) is 0 Å². The highest BCUT2D eigenvalue weighted by atomic mass is 16.4. The summed E-state index contributed by atoms with van der Waals surface area (Å²) in [4.78, 5) is 11.1. The third-order valence-corrected chi connectivity index (χ3v) is 5.67. The molecule has 3 N–H and O–H groups in total. The van der Waals surface area contributed by atoms with E-state index in [1.807, 2.05) is 25.9 Å². The lowest BCUT2D eigenvalue weighted by Gasteiger charge is -2.43. The van der Waals surface area contributed by atoms with E-state index in [0.29, 0.717) is 37.0 Å². The van der Waals surface area contributed by atoms with Crippen molar-refractivity contribution in [1.29, 1.82) is 0 Å². The van der Waals surface area contributed by atoms with Gasteiger partial charge in [0.05, 0.1) is 18.1 Å². The second kappa shape index (κ2) is 10.3. The van der Waals surface area contributed by atoms with Crippen LogP contribution in [0.1, 0.15) is 60.3 Å². The first kappa shape index (κ1) is 22.1. The zero-order valence-electron chi connectivity index (χ0n) is 16.8. The van der Waals surface area contributed by atoms with Gasteiger partial charge in [-0.3, -0.25) is 4.79 Å². The first-order chi connectivity index (χ1) is 11.8. The van der Waals surface area contributed by atoms with Gasteiger partial charge < -0.3 is 10.2 Å². The van der Waals surface area contributed by atoms with E-state index >= 15 is 0 Å². The van der Waals surface area contributed by atoms with Gasteiger partial charge in [-0.1, -0.05) is 46.8 Å². The number of nitrogens with zero attached hydrogens (tertiary/aromatic N) is 1. The fraction of sp³-hybridized carbons (Fsp3) is 0.850. The van der Waals surface area contributed by atoms with Gasteiger partial charge in [-0.25, -0.2) is 10.4 Å². The van der Waals surface area contributed by atoms with Crippen LogP contribution in [0.2, 0.25) is 0 Å². The Morgan fingerprint density at radius 1 is 1.28 bits per heavy atom. The van der Waals surface area contributed by atoms with Crippen molar-refractivity contribution in [3.8, 4) is 0 Å². The summed E-state index contributed by atoms with van der Waals surface area (Å²) in [6, 6.07) is 0.247. The minimum Gasteiger partial charge on any atom is -0.481 e. The number of carboxylic acid groups (broad SMARTS) is 1. The number of hydrazine groups is 1. The molecule has 25 heavy (non-hydrogen) atoms. The van der Waals surface area contributed by atoms with Crippen molar-refractivity contribution < 1.29 is 15.0 Å². The standard InChI is InChI=1S/C18H32N2O3.C2H6/c1-11(2)17-12(3)6-5-7-14(17)19-20(4)15-9-8-13(18(22)23)10-16(15)21;1-2/h5,7,11-17,19,21H,6,8-10H2,1-4H3,(H,22,23);1-2H3. The first-order valence-electron chi connectivity index (χ1n) is 9.87. The number of aliphatic hydroxyl groups excluding tert-OH is 1. The van der Waals surface area contributed by atoms with Gasteiger partial charge in [0.2, 0.25) is 0 Å². The minimum absolute atomic E-state index is 0.0240. The molecule has 5 nitrogen and oxygen atoms in total. The van der Waals surface area contributed by atoms with Crippen LogP contribution in [-0.2, 0) is 4.79 Å². The summed E-state index contributed by atoms with van der Waals surface area (Å²) in [6.45, 7) is 10.8. The maximum Gasteiger partial charge on any atom is 0.306 e. The van der Waals surface area contributed by atoms with Gasteiger partial charge >= 0.3 is 5.97 Å². The molecule has 0 heterocycles. The highest BCUT2D eigenvalue weighted by Crippen LogP contribution is 2.33. The van der Waals surface area contributed by atoms with E-state index < -0.39 is 18.0 Å². The molecule has 0 aromatic carbocycles. The van der Waals surface area contributed by atoms with Crippen LogP contribution in [0.3, 0.4) is 0 Å². The summed E-state index contributed by atoms with van der Waals surface area (Å²) in [5.74, 6) is 0.594. The molecule has 0 spiro atoms. The lowest BCUT2D eigenvalue weighted by molar-refractivity contribution is -0.145. The van der Waals surface area contributed by atoms with Gasteiger partial charge in [0, 0.05) is 13.1 Å². The van der Waals surface area contributed by atoms with Gasteiger partial charge in [0.25, 0.3) is 0 Å². The van der Waals surface area contributed by atoms with Gasteiger partial charge in [0.15, 0.2) is 0 Å². The van der Waals surface area contributed by atoms with E-state index in [1.54, 1.807) is 0 Å². The van der Waals surface area contributed by atoms with Gasteiger partial charge in [-0.2, -0.15) is 0 Å². The second-order valence-electron chi connectivity index (χ2n) is 7.71. The average Bonchev–Trinajstić information content (AvgIpc) is 2.56. The fourth-order valence-corrected chi connectivity index (χ4v) is 4.42. The summed E-state index contributed by atoms with van der Waals surface area (Å²) in [6.07, 6.45) is 6.70. The molecule has 0 saturated heterocycles. The monoisotopic (exact) mass is 354 g/mol. The number of carboxylic acids is 1. The molecule has 2 aliphatic rings. The Hall–Kier alpha value is -0.910. The molecule has 0 aromatic rings. The summed E-state index contributed by atoms with van der Waals surface area (Å²) >= 11 is 0. The summed E-state index contributed by atoms with van der Waals surface area (Å²) < 4.78 is 0. The Kier molecular flexibility index (Phi) is 9.11. The number of likely N-dealkylation sites (N-methyl/N-ethyl adjacent to an activating group) is 1. The number of hydrogen-bond donors (Lipinski definition) is 3. The topological polar surface area (TPSA) is 72.8 Å². The first-order valence-corrected chi connectivity index (χ1v) is 9.87. The predicted octanol–water partition coefficient (Wildman–Crippen LogP) is 3.30. The van der Waals surface area contributed by atoms with Crippen LogP contribution in [0.4, 0.5) is 0 Å². The van der Waals surface area contributed by atoms with E-state index in [9.17, 15) is 9.90 Å². The molecule has 5 heteroatoms. The summed E-state index contributed by atoms with van der Waals surface area (Å²) in [7, 11) is 1.97. The van der Waals surface area contributed by atoms with Crippen LogP contribution < -0.4 is 5.43 Å². The summed E-state index contributed by atoms with van der Waals surface area (Å²) in [5, 5.41) is 21.5. The Labute approximate surface area is 153 Å². The molecule has 0 amide bonds. The maximum absolute atomic E-state index is 11.1. The third kappa shape index (κ3) is 5.80. The van der Waals surface area contributed by atoms with Crippen LogP contribution >= 0.6 is 0 Å². The fourth-order valence-electron chi connectivity index (χ4n) is 4.42. The van der Waals surface area contributed by atoms with E-state index in [4.69, 9.17) is 5.11 Å². The Balaban J connectivity index is 0.00000151. The number of rotatable bonds is 5. The maximum atomic E-state index is 11.1. The van der Waals surface area contributed by atoms with E-state index in [1.165, 1.54) is 0 Å². The zero-order chi connectivity index (χ0) is 19.1. The number of aliphatic hydroxyl groups is 1. The Morgan fingerprint density at radius 2 is 1.92 bits per heavy atom. The molecule has 6 atom stereocenters. The lowest BCUT2D eigenvalue weighted by atomic mass is 9.74. The molecule has 2 aliphatic carbocycles. The van der Waals surface area contributed by atoms with Gasteiger partial charge in [-0.05, 0) is 43.4 Å². The third-order valence-electron chi connectivity index (χ3n) is 5.67. The normalized spacial score (nSPS) is 35.4. The van der Waals surface area contributed by atoms with Crippen LogP contribution in [0.25, 0.3) is 0 Å². The second-order valence-corrected chi connectivity index (χ2v) is 7.71. The Morgan fingerprint density at radius 3 is 2.44 bits per heavy atom. The van der Waals surface area contributed by atoms with Crippen LogP contribution in [-0.4, -0.2) is 46.4 Å². The van der Waals surface area contributed by atoms with Crippen LogP contribution in [0.5, 0.6) is 0 Å². The smallest absolute Gasteiger partial charge is 0.306 e. The van der Waals surface area contributed by atoms with Crippen molar-refractivity contribution in [3.63, 3.8) is 0 Å². The number of nitrogens with one attached hydrogen (secondary N) is 1. The van der Waals surface area contributed by atoms with Crippen molar-refractivity contribution in [2.45, 2.75) is 78.5 Å². The van der Waals surface area contributed by atoms with Crippen molar-refractivity contribution >= 4 is 5.97 Å². The van der Waals surface area contributed by atoms with Crippen LogP contribution in [0, 0.1) is 23.7 Å². The van der Waals surface area contributed by atoms with E-state index in [2.05, 4.69) is 38.3 Å². The van der Waals surface area contributed by atoms with Gasteiger partial charge in [-0.15, -0.1) is 0 Å². The Bertz CT molecular complexity index is 439. The van der Waals surface area contributed by atoms with E-state index in [-0.39, 0.29) is 12.1 Å². The van der Waals surface area contributed by atoms with Crippen molar-refractivity contribution in [2.75, 3.05) is 7.05 Å². The van der Waals surface area contributed by atoms with E-state index in [0.717, 1.165) is 6.42 Å². The quantitative estimate of drug-likeness (QED) is 0.522. The minimum atomic E-state index is -0.790. The molecular formula is C20H38N2O3. The molecule has 0 radical (unpaired) electrons. The number of carbonyl (C=O) groups is 1. The molecule has 146 valence electrons. The average molecular weight is 355 g/mol. The molecule has 0 aliphatic heterocycles. The van der Waals surface area contributed by atoms with Crippen molar-refractivity contribution in [2.24, 2.45) is 23.7 Å². The number of hydrogen-bond acceptors (Lipinski definition) is 4. The molecule has 2 rings (SSSR count). The molecule has 1 fully saturated rings. The molecule has 0 bridgehead atoms. The molecular weight excluding hydrogens is 316 g/mol. The zero-order valence-corrected chi connectivity index (χ0v) is 16.8. The predicted molar refractivity (Wildman–Crippen MR) is 102 cm³/mol. The number of aliphatic carboxylic acids is 1. The van der Waals surface area contributed by atoms with Crippen molar-refractivity contribution in [1.82, 2.24) is 10.4 Å². The SMILES string of the molecule is CC.CC(C)C1C(C)CC=CC1NN(C)C1CCC(C(=O)O)CC1O.